The smallest absolute Gasteiger partial charge is 0.158 e. The van der Waals surface area contributed by atoms with E-state index in [-0.39, 0.29) is 0 Å². The molecule has 0 aromatic carbocycles. The van der Waals surface area contributed by atoms with Gasteiger partial charge in [0.05, 0.1) is 0 Å². The Labute approximate surface area is 67.5 Å². The number of ketones is 1. The molecule has 0 amide bonds. The van der Waals surface area contributed by atoms with Gasteiger partial charge >= 0.3 is 0 Å². The van der Waals surface area contributed by atoms with Crippen molar-refractivity contribution in [3.8, 4) is 0 Å². The third-order valence-electron chi connectivity index (χ3n) is 2.77. The van der Waals surface area contributed by atoms with Gasteiger partial charge in [-0.3, -0.25) is 4.79 Å². The van der Waals surface area contributed by atoms with Crippen molar-refractivity contribution < 1.29 is 4.79 Å². The van der Waals surface area contributed by atoms with Crippen LogP contribution in [0.25, 0.3) is 0 Å². The van der Waals surface area contributed by atoms with Gasteiger partial charge in [-0.15, -0.1) is 0 Å². The summed E-state index contributed by atoms with van der Waals surface area (Å²) in [6, 6.07) is 0. The van der Waals surface area contributed by atoms with Crippen LogP contribution in [0, 0.1) is 11.8 Å². The Morgan fingerprint density at radius 2 is 2.27 bits per heavy atom. The van der Waals surface area contributed by atoms with Crippen LogP contribution in [0.1, 0.15) is 32.1 Å². The summed E-state index contributed by atoms with van der Waals surface area (Å²) in [4.78, 5) is 11.3. The fraction of sp³-hybridized carbons (Fsp3) is 0.700. The van der Waals surface area contributed by atoms with Gasteiger partial charge in [0.15, 0.2) is 5.78 Å². The molecular formula is C10H14O. The summed E-state index contributed by atoms with van der Waals surface area (Å²) in [5.74, 6) is 1.56. The van der Waals surface area contributed by atoms with Gasteiger partial charge in [-0.05, 0) is 37.7 Å². The lowest BCUT2D eigenvalue weighted by Gasteiger charge is -1.93. The zero-order chi connectivity index (χ0) is 7.68. The molecule has 1 nitrogen and oxygen atoms in total. The second-order valence-corrected chi connectivity index (χ2v) is 3.69. The first-order valence-electron chi connectivity index (χ1n) is 4.58. The first kappa shape index (κ1) is 7.08. The molecule has 0 aromatic rings. The number of rotatable bonds is 0. The summed E-state index contributed by atoms with van der Waals surface area (Å²) in [6.45, 7) is 0. The maximum atomic E-state index is 11.3. The molecule has 60 valence electrons. The molecule has 2 atom stereocenters. The lowest BCUT2D eigenvalue weighted by atomic mass is 10.1. The van der Waals surface area contributed by atoms with Crippen LogP contribution in [0.15, 0.2) is 12.2 Å². The molecule has 1 fully saturated rings. The van der Waals surface area contributed by atoms with Crippen molar-refractivity contribution in [2.24, 2.45) is 11.8 Å². The van der Waals surface area contributed by atoms with Crippen molar-refractivity contribution in [3.05, 3.63) is 12.2 Å². The van der Waals surface area contributed by atoms with Crippen molar-refractivity contribution in [2.45, 2.75) is 32.1 Å². The first-order valence-corrected chi connectivity index (χ1v) is 4.58. The molecule has 0 saturated heterocycles. The lowest BCUT2D eigenvalue weighted by molar-refractivity contribution is -0.116. The molecule has 0 unspecified atom stereocenters. The monoisotopic (exact) mass is 150 g/mol. The molecule has 0 spiro atoms. The van der Waals surface area contributed by atoms with Gasteiger partial charge in [0, 0.05) is 5.92 Å². The molecule has 2 aliphatic rings. The molecule has 11 heavy (non-hydrogen) atoms. The zero-order valence-electron chi connectivity index (χ0n) is 6.75. The number of carbonyl (C=O) groups excluding carboxylic acids is 1. The average Bonchev–Trinajstić information content (AvgIpc) is 2.74. The lowest BCUT2D eigenvalue weighted by Crippen LogP contribution is -1.96. The van der Waals surface area contributed by atoms with E-state index in [0.29, 0.717) is 11.7 Å². The zero-order valence-corrected chi connectivity index (χ0v) is 6.75. The number of hydrogen-bond donors (Lipinski definition) is 0. The summed E-state index contributed by atoms with van der Waals surface area (Å²) in [5, 5.41) is 0. The van der Waals surface area contributed by atoms with Crippen molar-refractivity contribution in [2.75, 3.05) is 0 Å². The van der Waals surface area contributed by atoms with Gasteiger partial charge < -0.3 is 0 Å². The molecule has 0 radical (unpaired) electrons. The van der Waals surface area contributed by atoms with Crippen molar-refractivity contribution in [1.82, 2.24) is 0 Å². The Morgan fingerprint density at radius 3 is 3.18 bits per heavy atom. The first-order chi connectivity index (χ1) is 5.38. The minimum Gasteiger partial charge on any atom is -0.295 e. The highest BCUT2D eigenvalue weighted by atomic mass is 16.1. The highest BCUT2D eigenvalue weighted by molar-refractivity contribution is 5.93. The second kappa shape index (κ2) is 2.80. The molecule has 2 rings (SSSR count). The SMILES string of the molecule is O=C1/C=C\CCCC[C@@H]2C[C@H]12. The predicted molar refractivity (Wildman–Crippen MR) is 44.2 cm³/mol. The van der Waals surface area contributed by atoms with Crippen LogP contribution in [0.3, 0.4) is 0 Å². The highest BCUT2D eigenvalue weighted by Crippen LogP contribution is 2.43. The van der Waals surface area contributed by atoms with Gasteiger partial charge in [0.25, 0.3) is 0 Å². The Hall–Kier alpha value is -0.590. The Bertz CT molecular complexity index is 193. The molecule has 0 bridgehead atoms. The van der Waals surface area contributed by atoms with Crippen molar-refractivity contribution >= 4 is 5.78 Å². The largest absolute Gasteiger partial charge is 0.295 e. The maximum Gasteiger partial charge on any atom is 0.158 e. The normalized spacial score (nSPS) is 39.8. The molecule has 0 aliphatic heterocycles. The van der Waals surface area contributed by atoms with Gasteiger partial charge in [0.2, 0.25) is 0 Å². The van der Waals surface area contributed by atoms with E-state index in [1.54, 1.807) is 6.08 Å². The summed E-state index contributed by atoms with van der Waals surface area (Å²) < 4.78 is 0. The fourth-order valence-corrected chi connectivity index (χ4v) is 1.91. The minimum absolute atomic E-state index is 0.386. The molecule has 2 aliphatic carbocycles. The molecule has 0 aromatic heterocycles. The number of allylic oxidation sites excluding steroid dienone is 2. The number of carbonyl (C=O) groups is 1. The van der Waals surface area contributed by atoms with Crippen LogP contribution in [-0.4, -0.2) is 5.78 Å². The second-order valence-electron chi connectivity index (χ2n) is 3.69. The van der Waals surface area contributed by atoms with Crippen LogP contribution in [0.2, 0.25) is 0 Å². The Morgan fingerprint density at radius 1 is 1.36 bits per heavy atom. The summed E-state index contributed by atoms with van der Waals surface area (Å²) in [6.07, 6.45) is 10.00. The van der Waals surface area contributed by atoms with Gasteiger partial charge in [-0.25, -0.2) is 0 Å². The van der Waals surface area contributed by atoms with E-state index in [9.17, 15) is 4.79 Å². The standard InChI is InChI=1S/C10H14O/c11-10-6-4-2-1-3-5-8-7-9(8)10/h4,6,8-9H,1-3,5,7H2/b6-4-/t8-,9+/m1/s1. The third kappa shape index (κ3) is 1.52. The number of fused-ring (bicyclic) bond motifs is 1. The molecule has 0 N–H and O–H groups in total. The summed E-state index contributed by atoms with van der Waals surface area (Å²) >= 11 is 0. The van der Waals surface area contributed by atoms with E-state index < -0.39 is 0 Å². The van der Waals surface area contributed by atoms with Crippen LogP contribution < -0.4 is 0 Å². The third-order valence-corrected chi connectivity index (χ3v) is 2.77. The van der Waals surface area contributed by atoms with E-state index in [1.165, 1.54) is 25.7 Å². The van der Waals surface area contributed by atoms with Crippen LogP contribution >= 0.6 is 0 Å². The Kier molecular flexibility index (Phi) is 1.80. The van der Waals surface area contributed by atoms with Crippen LogP contribution in [0.5, 0.6) is 0 Å². The van der Waals surface area contributed by atoms with E-state index in [4.69, 9.17) is 0 Å². The minimum atomic E-state index is 0.386. The molecule has 1 saturated carbocycles. The van der Waals surface area contributed by atoms with Crippen molar-refractivity contribution in [1.29, 1.82) is 0 Å². The molecular weight excluding hydrogens is 136 g/mol. The molecule has 1 heteroatoms. The predicted octanol–water partition coefficient (Wildman–Crippen LogP) is 2.32. The number of hydrogen-bond acceptors (Lipinski definition) is 1. The quantitative estimate of drug-likeness (QED) is 0.518. The van der Waals surface area contributed by atoms with Crippen LogP contribution in [0.4, 0.5) is 0 Å². The van der Waals surface area contributed by atoms with Crippen molar-refractivity contribution in [3.63, 3.8) is 0 Å². The van der Waals surface area contributed by atoms with Gasteiger partial charge in [0.1, 0.15) is 0 Å². The fourth-order valence-electron chi connectivity index (χ4n) is 1.91. The average molecular weight is 150 g/mol. The van der Waals surface area contributed by atoms with E-state index in [2.05, 4.69) is 0 Å². The Balaban J connectivity index is 2.01. The summed E-state index contributed by atoms with van der Waals surface area (Å²) in [5.41, 5.74) is 0. The molecule has 0 heterocycles. The van der Waals surface area contributed by atoms with Crippen LogP contribution in [-0.2, 0) is 4.79 Å². The van der Waals surface area contributed by atoms with E-state index in [0.717, 1.165) is 12.3 Å². The van der Waals surface area contributed by atoms with E-state index in [1.807, 2.05) is 6.08 Å². The maximum absolute atomic E-state index is 11.3. The van der Waals surface area contributed by atoms with Gasteiger partial charge in [-0.1, -0.05) is 12.5 Å². The topological polar surface area (TPSA) is 17.1 Å². The van der Waals surface area contributed by atoms with Gasteiger partial charge in [-0.2, -0.15) is 0 Å². The van der Waals surface area contributed by atoms with E-state index >= 15 is 0 Å². The summed E-state index contributed by atoms with van der Waals surface area (Å²) in [7, 11) is 0. The highest BCUT2D eigenvalue weighted by Gasteiger charge is 2.40.